The van der Waals surface area contributed by atoms with E-state index in [1.54, 1.807) is 4.90 Å². The Bertz CT molecular complexity index is 496. The van der Waals surface area contributed by atoms with Crippen LogP contribution in [0.4, 0.5) is 4.39 Å². The van der Waals surface area contributed by atoms with E-state index < -0.39 is 0 Å². The quantitative estimate of drug-likeness (QED) is 0.890. The zero-order valence-electron chi connectivity index (χ0n) is 12.1. The molecule has 1 fully saturated rings. The van der Waals surface area contributed by atoms with Crippen LogP contribution in [0.25, 0.3) is 0 Å². The molecule has 1 aromatic rings. The van der Waals surface area contributed by atoms with Gasteiger partial charge in [0.2, 0.25) is 5.91 Å². The number of carbonyl (C=O) groups excluding carboxylic acids is 2. The van der Waals surface area contributed by atoms with Crippen LogP contribution in [0.2, 0.25) is 0 Å². The van der Waals surface area contributed by atoms with Crippen molar-refractivity contribution in [2.24, 2.45) is 0 Å². The van der Waals surface area contributed by atoms with Gasteiger partial charge in [0.25, 0.3) is 5.91 Å². The van der Waals surface area contributed by atoms with Crippen LogP contribution in [0.3, 0.4) is 0 Å². The van der Waals surface area contributed by atoms with Crippen molar-refractivity contribution in [2.45, 2.75) is 6.92 Å². The lowest BCUT2D eigenvalue weighted by Crippen LogP contribution is -2.51. The fourth-order valence-corrected chi connectivity index (χ4v) is 2.34. The minimum atomic E-state index is -0.349. The first-order valence-corrected chi connectivity index (χ1v) is 7.14. The third-order valence-electron chi connectivity index (χ3n) is 3.49. The van der Waals surface area contributed by atoms with E-state index in [9.17, 15) is 14.0 Å². The molecule has 0 aromatic heterocycles. The predicted molar refractivity (Wildman–Crippen MR) is 77.4 cm³/mol. The molecule has 2 rings (SSSR count). The lowest BCUT2D eigenvalue weighted by Gasteiger charge is -2.34. The zero-order chi connectivity index (χ0) is 15.2. The molecule has 21 heavy (non-hydrogen) atoms. The number of piperazine rings is 1. The maximum Gasteiger partial charge on any atom is 0.253 e. The van der Waals surface area contributed by atoms with Gasteiger partial charge in [-0.25, -0.2) is 4.39 Å². The van der Waals surface area contributed by atoms with Gasteiger partial charge in [-0.1, -0.05) is 0 Å². The van der Waals surface area contributed by atoms with Gasteiger partial charge in [0.15, 0.2) is 0 Å². The van der Waals surface area contributed by atoms with Gasteiger partial charge in [-0.3, -0.25) is 14.5 Å². The van der Waals surface area contributed by atoms with Crippen LogP contribution in [-0.4, -0.2) is 60.9 Å². The van der Waals surface area contributed by atoms with E-state index in [-0.39, 0.29) is 17.6 Å². The van der Waals surface area contributed by atoms with E-state index in [0.717, 1.165) is 0 Å². The lowest BCUT2D eigenvalue weighted by atomic mass is 10.2. The molecule has 6 heteroatoms. The van der Waals surface area contributed by atoms with E-state index in [4.69, 9.17) is 0 Å². The molecule has 0 radical (unpaired) electrons. The zero-order valence-corrected chi connectivity index (χ0v) is 12.1. The summed E-state index contributed by atoms with van der Waals surface area (Å²) in [5.74, 6) is -0.429. The molecule has 2 amide bonds. The number of hydrogen-bond acceptors (Lipinski definition) is 3. The SMILES string of the molecule is CCNC(=O)CN1CCN(C(=O)c2ccc(F)cc2)CC1. The van der Waals surface area contributed by atoms with Crippen molar-refractivity contribution < 1.29 is 14.0 Å². The number of carbonyl (C=O) groups is 2. The molecule has 1 aliphatic heterocycles. The van der Waals surface area contributed by atoms with Crippen LogP contribution in [0, 0.1) is 5.82 Å². The van der Waals surface area contributed by atoms with Crippen molar-refractivity contribution >= 4 is 11.8 Å². The van der Waals surface area contributed by atoms with Crippen molar-refractivity contribution in [3.05, 3.63) is 35.6 Å². The average molecular weight is 293 g/mol. The smallest absolute Gasteiger partial charge is 0.253 e. The first kappa shape index (κ1) is 15.4. The number of halogens is 1. The standard InChI is InChI=1S/C15H20FN3O2/c1-2-17-14(20)11-18-7-9-19(10-8-18)15(21)12-3-5-13(16)6-4-12/h3-6H,2,7-11H2,1H3,(H,17,20). The molecule has 0 spiro atoms. The summed E-state index contributed by atoms with van der Waals surface area (Å²) in [6.07, 6.45) is 0. The molecule has 0 bridgehead atoms. The largest absolute Gasteiger partial charge is 0.355 e. The van der Waals surface area contributed by atoms with Gasteiger partial charge in [0, 0.05) is 38.3 Å². The lowest BCUT2D eigenvalue weighted by molar-refractivity contribution is -0.122. The monoisotopic (exact) mass is 293 g/mol. The summed E-state index contributed by atoms with van der Waals surface area (Å²) < 4.78 is 12.9. The highest BCUT2D eigenvalue weighted by Crippen LogP contribution is 2.09. The molecule has 0 aliphatic carbocycles. The Morgan fingerprint density at radius 3 is 2.33 bits per heavy atom. The van der Waals surface area contributed by atoms with Gasteiger partial charge in [0.1, 0.15) is 5.82 Å². The predicted octanol–water partition coefficient (Wildman–Crippen LogP) is 0.720. The van der Waals surface area contributed by atoms with E-state index in [2.05, 4.69) is 5.32 Å². The highest BCUT2D eigenvalue weighted by atomic mass is 19.1. The molecule has 1 N–H and O–H groups in total. The normalized spacial score (nSPS) is 15.8. The molecule has 1 saturated heterocycles. The van der Waals surface area contributed by atoms with Crippen LogP contribution in [0.15, 0.2) is 24.3 Å². The molecule has 5 nitrogen and oxygen atoms in total. The first-order chi connectivity index (χ1) is 10.1. The average Bonchev–Trinajstić information content (AvgIpc) is 2.48. The van der Waals surface area contributed by atoms with Crippen LogP contribution in [0.5, 0.6) is 0 Å². The van der Waals surface area contributed by atoms with Gasteiger partial charge >= 0.3 is 0 Å². The number of nitrogens with one attached hydrogen (secondary N) is 1. The Hall–Kier alpha value is -1.95. The van der Waals surface area contributed by atoms with Crippen LogP contribution >= 0.6 is 0 Å². The minimum Gasteiger partial charge on any atom is -0.355 e. The topological polar surface area (TPSA) is 52.7 Å². The number of likely N-dealkylation sites (N-methyl/N-ethyl adjacent to an activating group) is 1. The molecule has 0 saturated carbocycles. The maximum absolute atomic E-state index is 12.9. The summed E-state index contributed by atoms with van der Waals surface area (Å²) in [5, 5.41) is 2.76. The summed E-state index contributed by atoms with van der Waals surface area (Å²) in [4.78, 5) is 27.5. The number of hydrogen-bond donors (Lipinski definition) is 1. The van der Waals surface area contributed by atoms with Crippen molar-refractivity contribution in [3.63, 3.8) is 0 Å². The summed E-state index contributed by atoms with van der Waals surface area (Å²) in [7, 11) is 0. The van der Waals surface area contributed by atoms with E-state index in [0.29, 0.717) is 44.8 Å². The van der Waals surface area contributed by atoms with Crippen LogP contribution in [-0.2, 0) is 4.79 Å². The van der Waals surface area contributed by atoms with Crippen LogP contribution in [0.1, 0.15) is 17.3 Å². The number of amides is 2. The Morgan fingerprint density at radius 2 is 1.76 bits per heavy atom. The molecular formula is C15H20FN3O2. The Morgan fingerprint density at radius 1 is 1.14 bits per heavy atom. The Labute approximate surface area is 123 Å². The highest BCUT2D eigenvalue weighted by molar-refractivity contribution is 5.94. The van der Waals surface area contributed by atoms with Gasteiger partial charge in [-0.2, -0.15) is 0 Å². The number of nitrogens with zero attached hydrogens (tertiary/aromatic N) is 2. The number of benzene rings is 1. The Balaban J connectivity index is 1.84. The van der Waals surface area contributed by atoms with Crippen molar-refractivity contribution in [1.82, 2.24) is 15.1 Å². The minimum absolute atomic E-state index is 0.0100. The summed E-state index contributed by atoms with van der Waals surface area (Å²) in [6, 6.07) is 5.58. The second-order valence-corrected chi connectivity index (χ2v) is 5.03. The Kier molecular flexibility index (Phi) is 5.27. The second-order valence-electron chi connectivity index (χ2n) is 5.03. The van der Waals surface area contributed by atoms with Gasteiger partial charge in [-0.05, 0) is 31.2 Å². The molecule has 0 unspecified atom stereocenters. The molecule has 1 aliphatic rings. The third kappa shape index (κ3) is 4.26. The second kappa shape index (κ2) is 7.17. The van der Waals surface area contributed by atoms with Gasteiger partial charge < -0.3 is 10.2 Å². The molecule has 1 aromatic carbocycles. The highest BCUT2D eigenvalue weighted by Gasteiger charge is 2.23. The van der Waals surface area contributed by atoms with E-state index >= 15 is 0 Å². The summed E-state index contributed by atoms with van der Waals surface area (Å²) in [5.41, 5.74) is 0.494. The molecule has 1 heterocycles. The number of rotatable bonds is 4. The third-order valence-corrected chi connectivity index (χ3v) is 3.49. The van der Waals surface area contributed by atoms with Crippen molar-refractivity contribution in [2.75, 3.05) is 39.3 Å². The summed E-state index contributed by atoms with van der Waals surface area (Å²) >= 11 is 0. The first-order valence-electron chi connectivity index (χ1n) is 7.14. The molecule has 114 valence electrons. The maximum atomic E-state index is 12.9. The van der Waals surface area contributed by atoms with Crippen molar-refractivity contribution in [3.8, 4) is 0 Å². The van der Waals surface area contributed by atoms with Gasteiger partial charge in [0.05, 0.1) is 6.54 Å². The van der Waals surface area contributed by atoms with E-state index in [1.165, 1.54) is 24.3 Å². The fourth-order valence-electron chi connectivity index (χ4n) is 2.34. The van der Waals surface area contributed by atoms with E-state index in [1.807, 2.05) is 11.8 Å². The van der Waals surface area contributed by atoms with Crippen LogP contribution < -0.4 is 5.32 Å². The fraction of sp³-hybridized carbons (Fsp3) is 0.467. The van der Waals surface area contributed by atoms with Crippen molar-refractivity contribution in [1.29, 1.82) is 0 Å². The van der Waals surface area contributed by atoms with Gasteiger partial charge in [-0.15, -0.1) is 0 Å². The molecular weight excluding hydrogens is 273 g/mol. The summed E-state index contributed by atoms with van der Waals surface area (Å²) in [6.45, 7) is 5.38. The molecule has 0 atom stereocenters.